The number of anilines is 1. The van der Waals surface area contributed by atoms with Gasteiger partial charge in [-0.05, 0) is 43.7 Å². The zero-order valence-corrected chi connectivity index (χ0v) is 14.0. The van der Waals surface area contributed by atoms with E-state index in [4.69, 9.17) is 11.6 Å². The van der Waals surface area contributed by atoms with Gasteiger partial charge in [0.1, 0.15) is 6.54 Å². The van der Waals surface area contributed by atoms with Crippen molar-refractivity contribution in [2.45, 2.75) is 13.8 Å². The fraction of sp³-hybridized carbons (Fsp3) is 0.167. The van der Waals surface area contributed by atoms with E-state index < -0.39 is 17.7 Å². The van der Waals surface area contributed by atoms with Gasteiger partial charge in [-0.3, -0.25) is 19.3 Å². The third-order valence-electron chi connectivity index (χ3n) is 3.88. The van der Waals surface area contributed by atoms with Crippen molar-refractivity contribution in [1.82, 2.24) is 4.90 Å². The van der Waals surface area contributed by atoms with Crippen LogP contribution in [0, 0.1) is 13.8 Å². The Morgan fingerprint density at radius 3 is 2.46 bits per heavy atom. The van der Waals surface area contributed by atoms with Crippen LogP contribution in [0.25, 0.3) is 0 Å². The molecule has 0 bridgehead atoms. The van der Waals surface area contributed by atoms with Gasteiger partial charge in [-0.15, -0.1) is 0 Å². The summed E-state index contributed by atoms with van der Waals surface area (Å²) in [6.07, 6.45) is 0. The lowest BCUT2D eigenvalue weighted by atomic mass is 10.1. The normalized spacial score (nSPS) is 13.2. The van der Waals surface area contributed by atoms with Crippen molar-refractivity contribution in [3.05, 3.63) is 63.7 Å². The Morgan fingerprint density at radius 2 is 1.75 bits per heavy atom. The second-order valence-electron chi connectivity index (χ2n) is 5.76. The van der Waals surface area contributed by atoms with Crippen LogP contribution in [-0.4, -0.2) is 29.2 Å². The van der Waals surface area contributed by atoms with E-state index >= 15 is 0 Å². The van der Waals surface area contributed by atoms with Crippen molar-refractivity contribution in [2.75, 3.05) is 11.9 Å². The molecular weight excluding hydrogens is 328 g/mol. The highest BCUT2D eigenvalue weighted by Gasteiger charge is 2.36. The number of nitrogens with zero attached hydrogens (tertiary/aromatic N) is 1. The summed E-state index contributed by atoms with van der Waals surface area (Å²) in [5.41, 5.74) is 2.96. The predicted octanol–water partition coefficient (Wildman–Crippen LogP) is 3.19. The Hall–Kier alpha value is -2.66. The van der Waals surface area contributed by atoms with Crippen LogP contribution in [0.5, 0.6) is 0 Å². The summed E-state index contributed by atoms with van der Waals surface area (Å²) in [5.74, 6) is -1.36. The molecule has 3 rings (SSSR count). The van der Waals surface area contributed by atoms with Crippen LogP contribution in [0.15, 0.2) is 36.4 Å². The molecular formula is C18H15ClN2O3. The maximum absolute atomic E-state index is 12.4. The molecule has 0 fully saturated rings. The lowest BCUT2D eigenvalue weighted by Crippen LogP contribution is -2.37. The van der Waals surface area contributed by atoms with Crippen molar-refractivity contribution in [3.8, 4) is 0 Å². The maximum atomic E-state index is 12.4. The second kappa shape index (κ2) is 6.09. The molecule has 0 spiro atoms. The average Bonchev–Trinajstić information content (AvgIpc) is 2.75. The van der Waals surface area contributed by atoms with Gasteiger partial charge in [-0.25, -0.2) is 0 Å². The molecule has 1 heterocycles. The Balaban J connectivity index is 1.74. The number of benzene rings is 2. The number of hydrogen-bond acceptors (Lipinski definition) is 3. The Kier molecular flexibility index (Phi) is 4.11. The summed E-state index contributed by atoms with van der Waals surface area (Å²) >= 11 is 6.02. The summed E-state index contributed by atoms with van der Waals surface area (Å²) < 4.78 is 0. The Bertz CT molecular complexity index is 877. The molecule has 1 aliphatic heterocycles. The van der Waals surface area contributed by atoms with Gasteiger partial charge < -0.3 is 5.32 Å². The number of fused-ring (bicyclic) bond motifs is 1. The number of carbonyl (C=O) groups excluding carboxylic acids is 3. The predicted molar refractivity (Wildman–Crippen MR) is 91.4 cm³/mol. The number of hydrogen-bond donors (Lipinski definition) is 1. The highest BCUT2D eigenvalue weighted by atomic mass is 35.5. The van der Waals surface area contributed by atoms with Gasteiger partial charge >= 0.3 is 0 Å². The molecule has 6 heteroatoms. The Morgan fingerprint density at radius 1 is 1.04 bits per heavy atom. The lowest BCUT2D eigenvalue weighted by Gasteiger charge is -2.14. The van der Waals surface area contributed by atoms with Gasteiger partial charge in [-0.2, -0.15) is 0 Å². The van der Waals surface area contributed by atoms with Gasteiger partial charge in [0.15, 0.2) is 0 Å². The third kappa shape index (κ3) is 2.90. The molecule has 24 heavy (non-hydrogen) atoms. The average molecular weight is 343 g/mol. The van der Waals surface area contributed by atoms with Crippen molar-refractivity contribution >= 4 is 35.0 Å². The SMILES string of the molecule is Cc1ccc2c(c1)C(=O)N(CC(=O)Nc1ccc(C)c(Cl)c1)C2=O. The van der Waals surface area contributed by atoms with E-state index in [1.54, 1.807) is 36.4 Å². The van der Waals surface area contributed by atoms with Gasteiger partial charge in [-0.1, -0.05) is 29.3 Å². The summed E-state index contributed by atoms with van der Waals surface area (Å²) in [5, 5.41) is 3.18. The summed E-state index contributed by atoms with van der Waals surface area (Å²) in [6.45, 7) is 3.36. The minimum Gasteiger partial charge on any atom is -0.324 e. The molecule has 3 amide bonds. The first-order valence-corrected chi connectivity index (χ1v) is 7.77. The van der Waals surface area contributed by atoms with Gasteiger partial charge in [0, 0.05) is 10.7 Å². The highest BCUT2D eigenvalue weighted by Crippen LogP contribution is 2.24. The zero-order chi connectivity index (χ0) is 17.4. The molecule has 2 aromatic carbocycles. The molecule has 0 aromatic heterocycles. The molecule has 2 aromatic rings. The highest BCUT2D eigenvalue weighted by molar-refractivity contribution is 6.31. The van der Waals surface area contributed by atoms with Crippen LogP contribution in [0.1, 0.15) is 31.8 Å². The van der Waals surface area contributed by atoms with Crippen LogP contribution in [0.3, 0.4) is 0 Å². The molecule has 1 aliphatic rings. The van der Waals surface area contributed by atoms with Gasteiger partial charge in [0.25, 0.3) is 11.8 Å². The third-order valence-corrected chi connectivity index (χ3v) is 4.29. The van der Waals surface area contributed by atoms with Crippen molar-refractivity contribution in [1.29, 1.82) is 0 Å². The summed E-state index contributed by atoms with van der Waals surface area (Å²) in [6, 6.07) is 10.2. The number of amides is 3. The zero-order valence-electron chi connectivity index (χ0n) is 13.2. The molecule has 0 radical (unpaired) electrons. The number of nitrogens with one attached hydrogen (secondary N) is 1. The molecule has 0 atom stereocenters. The number of aryl methyl sites for hydroxylation is 2. The maximum Gasteiger partial charge on any atom is 0.262 e. The largest absolute Gasteiger partial charge is 0.324 e. The lowest BCUT2D eigenvalue weighted by molar-refractivity contribution is -0.116. The first kappa shape index (κ1) is 16.2. The van der Waals surface area contributed by atoms with E-state index in [1.165, 1.54) is 0 Å². The minimum absolute atomic E-state index is 0.330. The molecule has 1 N–H and O–H groups in total. The fourth-order valence-electron chi connectivity index (χ4n) is 2.56. The van der Waals surface area contributed by atoms with E-state index in [2.05, 4.69) is 5.32 Å². The first-order valence-electron chi connectivity index (χ1n) is 7.39. The molecule has 0 saturated carbocycles. The van der Waals surface area contributed by atoms with Gasteiger partial charge in [0.05, 0.1) is 11.1 Å². The minimum atomic E-state index is -0.457. The molecule has 122 valence electrons. The first-order chi connectivity index (χ1) is 11.4. The standard InChI is InChI=1S/C18H15ClN2O3/c1-10-3-6-13-14(7-10)18(24)21(17(13)23)9-16(22)20-12-5-4-11(2)15(19)8-12/h3-8H,9H2,1-2H3,(H,20,22). The molecule has 5 nitrogen and oxygen atoms in total. The number of halogens is 1. The van der Waals surface area contributed by atoms with Gasteiger partial charge in [0.2, 0.25) is 5.91 Å². The summed E-state index contributed by atoms with van der Waals surface area (Å²) in [7, 11) is 0. The van der Waals surface area contributed by atoms with Crippen LogP contribution in [0.2, 0.25) is 5.02 Å². The van der Waals surface area contributed by atoms with E-state index in [0.29, 0.717) is 21.8 Å². The molecule has 0 saturated heterocycles. The number of imide groups is 1. The quantitative estimate of drug-likeness (QED) is 0.871. The topological polar surface area (TPSA) is 66.5 Å². The van der Waals surface area contributed by atoms with Crippen molar-refractivity contribution in [2.24, 2.45) is 0 Å². The van der Waals surface area contributed by atoms with Crippen LogP contribution < -0.4 is 5.32 Å². The summed E-state index contributed by atoms with van der Waals surface area (Å²) in [4.78, 5) is 37.8. The van der Waals surface area contributed by atoms with Crippen molar-refractivity contribution < 1.29 is 14.4 Å². The van der Waals surface area contributed by atoms with E-state index in [1.807, 2.05) is 13.8 Å². The second-order valence-corrected chi connectivity index (χ2v) is 6.16. The van der Waals surface area contributed by atoms with Crippen LogP contribution >= 0.6 is 11.6 Å². The van der Waals surface area contributed by atoms with Crippen LogP contribution in [-0.2, 0) is 4.79 Å². The van der Waals surface area contributed by atoms with Crippen molar-refractivity contribution in [3.63, 3.8) is 0 Å². The fourth-order valence-corrected chi connectivity index (χ4v) is 2.74. The molecule has 0 aliphatic carbocycles. The Labute approximate surface area is 144 Å². The number of rotatable bonds is 3. The molecule has 0 unspecified atom stereocenters. The monoisotopic (exact) mass is 342 g/mol. The van der Waals surface area contributed by atoms with E-state index in [-0.39, 0.29) is 6.54 Å². The van der Waals surface area contributed by atoms with E-state index in [0.717, 1.165) is 16.0 Å². The van der Waals surface area contributed by atoms with E-state index in [9.17, 15) is 14.4 Å². The smallest absolute Gasteiger partial charge is 0.262 e. The van der Waals surface area contributed by atoms with Crippen LogP contribution in [0.4, 0.5) is 5.69 Å². The number of carbonyl (C=O) groups is 3.